The summed E-state index contributed by atoms with van der Waals surface area (Å²) in [6.07, 6.45) is 0. The molecule has 10 nitrogen and oxygen atoms in total. The number of hydrogen-bond donors (Lipinski definition) is 4. The molecule has 0 atom stereocenters. The first-order valence-corrected chi connectivity index (χ1v) is 6.62. The van der Waals surface area contributed by atoms with Crippen LogP contribution in [0.3, 0.4) is 0 Å². The molecule has 0 heterocycles. The highest BCUT2D eigenvalue weighted by atomic mass is 17.0. The molecule has 0 aromatic rings. The minimum Gasteiger partial charge on any atom is -0.394 e. The summed E-state index contributed by atoms with van der Waals surface area (Å²) in [6, 6.07) is 0. The topological polar surface area (TPSA) is 124 Å². The Morgan fingerprint density at radius 2 is 1.00 bits per heavy atom. The van der Waals surface area contributed by atoms with E-state index in [9.17, 15) is 0 Å². The maximum absolute atomic E-state index is 8.38. The third-order valence-electron chi connectivity index (χ3n) is 1.64. The highest BCUT2D eigenvalue weighted by molar-refractivity contribution is 4.24. The molecule has 0 aromatic carbocycles. The van der Waals surface area contributed by atoms with Crippen molar-refractivity contribution in [1.82, 2.24) is 10.5 Å². The van der Waals surface area contributed by atoms with Crippen molar-refractivity contribution in [2.24, 2.45) is 0 Å². The summed E-state index contributed by atoms with van der Waals surface area (Å²) in [4.78, 5) is 19.3. The Bertz CT molecular complexity index is 174. The van der Waals surface area contributed by atoms with Crippen LogP contribution in [-0.2, 0) is 19.4 Å². The highest BCUT2D eigenvalue weighted by Gasteiger charge is 2.00. The van der Waals surface area contributed by atoms with Crippen LogP contribution in [0.2, 0.25) is 0 Å². The van der Waals surface area contributed by atoms with Crippen molar-refractivity contribution < 1.29 is 39.8 Å². The molecule has 0 saturated heterocycles. The Morgan fingerprint density at radius 3 is 1.29 bits per heavy atom. The van der Waals surface area contributed by atoms with Crippen LogP contribution < -0.4 is 0 Å². The largest absolute Gasteiger partial charge is 0.394 e. The van der Waals surface area contributed by atoms with Crippen LogP contribution >= 0.6 is 0 Å². The van der Waals surface area contributed by atoms with Gasteiger partial charge in [0, 0.05) is 13.6 Å². The first kappa shape index (κ1) is 22.9. The molecule has 130 valence electrons. The van der Waals surface area contributed by atoms with Gasteiger partial charge in [0.2, 0.25) is 0 Å². The lowest BCUT2D eigenvalue weighted by atomic mass is 10.8. The average molecular weight is 316 g/mol. The summed E-state index contributed by atoms with van der Waals surface area (Å²) in [7, 11) is 1.55. The van der Waals surface area contributed by atoms with Crippen molar-refractivity contribution in [3.8, 4) is 0 Å². The molecule has 0 spiro atoms. The molecule has 0 aromatic heterocycles. The van der Waals surface area contributed by atoms with E-state index in [2.05, 4.69) is 0 Å². The Balaban J connectivity index is 0. The fourth-order valence-corrected chi connectivity index (χ4v) is 0.881. The zero-order valence-corrected chi connectivity index (χ0v) is 12.7. The first-order chi connectivity index (χ1) is 10.2. The van der Waals surface area contributed by atoms with E-state index in [-0.39, 0.29) is 52.9 Å². The number of aliphatic hydroxyl groups excluding tert-OH is 4. The summed E-state index contributed by atoms with van der Waals surface area (Å²) in [5.41, 5.74) is 0. The van der Waals surface area contributed by atoms with Crippen LogP contribution in [0.25, 0.3) is 0 Å². The van der Waals surface area contributed by atoms with Gasteiger partial charge in [0.05, 0.1) is 52.9 Å². The van der Waals surface area contributed by atoms with E-state index in [1.807, 2.05) is 6.92 Å². The molecule has 0 aliphatic heterocycles. The molecule has 0 amide bonds. The normalized spacial score (nSPS) is 10.9. The maximum Gasteiger partial charge on any atom is 0.0942 e. The second-order valence-corrected chi connectivity index (χ2v) is 3.32. The van der Waals surface area contributed by atoms with Gasteiger partial charge in [-0.05, 0) is 6.92 Å². The van der Waals surface area contributed by atoms with E-state index >= 15 is 0 Å². The lowest BCUT2D eigenvalue weighted by Crippen LogP contribution is -2.26. The quantitative estimate of drug-likeness (QED) is 0.281. The van der Waals surface area contributed by atoms with Crippen molar-refractivity contribution in [2.45, 2.75) is 6.92 Å². The molecule has 4 N–H and O–H groups in total. The zero-order chi connectivity index (χ0) is 16.3. The van der Waals surface area contributed by atoms with Crippen molar-refractivity contribution in [2.75, 3.05) is 66.4 Å². The fourth-order valence-electron chi connectivity index (χ4n) is 0.881. The average Bonchev–Trinajstić information content (AvgIpc) is 2.51. The SMILES string of the molecule is CCN(OCCO)OCCO.CN(OCCO)OCCO. The minimum absolute atomic E-state index is 0.0427. The maximum atomic E-state index is 8.38. The first-order valence-electron chi connectivity index (χ1n) is 6.62. The molecule has 10 heteroatoms. The Hall–Kier alpha value is -0.400. The van der Waals surface area contributed by atoms with Gasteiger partial charge < -0.3 is 20.4 Å². The second-order valence-electron chi connectivity index (χ2n) is 3.32. The summed E-state index contributed by atoms with van der Waals surface area (Å²) in [5, 5.41) is 35.7. The number of aliphatic hydroxyl groups is 4. The predicted molar refractivity (Wildman–Crippen MR) is 72.3 cm³/mol. The van der Waals surface area contributed by atoms with Gasteiger partial charge in [0.25, 0.3) is 0 Å². The van der Waals surface area contributed by atoms with E-state index < -0.39 is 0 Å². The van der Waals surface area contributed by atoms with Crippen LogP contribution in [0.5, 0.6) is 0 Å². The van der Waals surface area contributed by atoms with Gasteiger partial charge in [0.15, 0.2) is 0 Å². The molecule has 0 rings (SSSR count). The summed E-state index contributed by atoms with van der Waals surface area (Å²) >= 11 is 0. The van der Waals surface area contributed by atoms with Crippen LogP contribution in [0, 0.1) is 0 Å². The molecule has 0 radical (unpaired) electrons. The molecular formula is C11H28N2O8. The van der Waals surface area contributed by atoms with Crippen LogP contribution in [0.1, 0.15) is 6.92 Å². The Kier molecular flexibility index (Phi) is 21.3. The summed E-state index contributed by atoms with van der Waals surface area (Å²) in [5.74, 6) is 0. The smallest absolute Gasteiger partial charge is 0.0942 e. The van der Waals surface area contributed by atoms with Gasteiger partial charge in [-0.3, -0.25) is 19.4 Å². The molecular weight excluding hydrogens is 288 g/mol. The van der Waals surface area contributed by atoms with Gasteiger partial charge in [-0.1, -0.05) is 10.5 Å². The van der Waals surface area contributed by atoms with Crippen LogP contribution in [0.15, 0.2) is 0 Å². The monoisotopic (exact) mass is 316 g/mol. The molecule has 0 unspecified atom stereocenters. The predicted octanol–water partition coefficient (Wildman–Crippen LogP) is -2.08. The fraction of sp³-hybridized carbons (Fsp3) is 1.00. The highest BCUT2D eigenvalue weighted by Crippen LogP contribution is 1.90. The van der Waals surface area contributed by atoms with Gasteiger partial charge in [-0.2, -0.15) is 0 Å². The third-order valence-corrected chi connectivity index (χ3v) is 1.64. The van der Waals surface area contributed by atoms with Gasteiger partial charge in [0.1, 0.15) is 0 Å². The van der Waals surface area contributed by atoms with Crippen molar-refractivity contribution >= 4 is 0 Å². The number of hydrogen-bond acceptors (Lipinski definition) is 10. The Morgan fingerprint density at radius 1 is 0.667 bits per heavy atom. The minimum atomic E-state index is -0.0488. The van der Waals surface area contributed by atoms with E-state index in [0.717, 1.165) is 5.23 Å². The zero-order valence-electron chi connectivity index (χ0n) is 12.7. The molecule has 0 saturated carbocycles. The summed E-state index contributed by atoms with van der Waals surface area (Å²) < 4.78 is 0. The molecule has 21 heavy (non-hydrogen) atoms. The lowest BCUT2D eigenvalue weighted by molar-refractivity contribution is -0.369. The van der Waals surface area contributed by atoms with E-state index in [4.69, 9.17) is 39.8 Å². The van der Waals surface area contributed by atoms with Crippen LogP contribution in [0.4, 0.5) is 0 Å². The lowest BCUT2D eigenvalue weighted by Gasteiger charge is -2.17. The number of rotatable bonds is 13. The Labute approximate surface area is 124 Å². The van der Waals surface area contributed by atoms with E-state index in [1.54, 1.807) is 7.05 Å². The number of nitrogens with zero attached hydrogens (tertiary/aromatic N) is 2. The summed E-state index contributed by atoms with van der Waals surface area (Å²) in [6.45, 7) is 3.02. The standard InChI is InChI=1S/C6H15NO4.C5H13NO4/c1-2-7(10-5-3-8)11-6-4-9;1-6(9-4-2-7)10-5-3-8/h8-9H,2-6H2,1H3;7-8H,2-5H2,1H3. The number of hydroxylamine groups is 4. The van der Waals surface area contributed by atoms with Crippen molar-refractivity contribution in [1.29, 1.82) is 0 Å². The van der Waals surface area contributed by atoms with Crippen molar-refractivity contribution in [3.05, 3.63) is 0 Å². The van der Waals surface area contributed by atoms with Gasteiger partial charge in [-0.15, -0.1) is 0 Å². The molecule has 0 aliphatic carbocycles. The van der Waals surface area contributed by atoms with Crippen molar-refractivity contribution in [3.63, 3.8) is 0 Å². The third kappa shape index (κ3) is 19.6. The molecule has 0 fully saturated rings. The molecule has 0 bridgehead atoms. The van der Waals surface area contributed by atoms with Gasteiger partial charge >= 0.3 is 0 Å². The van der Waals surface area contributed by atoms with E-state index in [0.29, 0.717) is 6.54 Å². The van der Waals surface area contributed by atoms with Crippen LogP contribution in [-0.4, -0.2) is 97.3 Å². The molecule has 0 aliphatic rings. The second kappa shape index (κ2) is 19.6. The van der Waals surface area contributed by atoms with Gasteiger partial charge in [-0.25, -0.2) is 0 Å². The van der Waals surface area contributed by atoms with E-state index in [1.165, 1.54) is 5.23 Å².